The van der Waals surface area contributed by atoms with Crippen molar-refractivity contribution < 1.29 is 9.18 Å². The van der Waals surface area contributed by atoms with Crippen molar-refractivity contribution in [3.63, 3.8) is 0 Å². The van der Waals surface area contributed by atoms with Gasteiger partial charge in [-0.1, -0.05) is 34.1 Å². The molecule has 0 aliphatic carbocycles. The number of benzene rings is 2. The molecular formula is C15H13BrFNO. The lowest BCUT2D eigenvalue weighted by Gasteiger charge is -2.14. The van der Waals surface area contributed by atoms with Crippen LogP contribution in [0, 0.1) is 5.82 Å². The van der Waals surface area contributed by atoms with Gasteiger partial charge in [0.05, 0.1) is 6.04 Å². The fourth-order valence-corrected chi connectivity index (χ4v) is 2.14. The van der Waals surface area contributed by atoms with E-state index in [0.29, 0.717) is 5.56 Å². The van der Waals surface area contributed by atoms with Crippen LogP contribution in [0.15, 0.2) is 53.0 Å². The smallest absolute Gasteiger partial charge is 0.251 e. The minimum absolute atomic E-state index is 0.155. The van der Waals surface area contributed by atoms with E-state index in [2.05, 4.69) is 21.2 Å². The normalized spacial score (nSPS) is 11.9. The monoisotopic (exact) mass is 321 g/mol. The van der Waals surface area contributed by atoms with Crippen molar-refractivity contribution in [1.29, 1.82) is 0 Å². The van der Waals surface area contributed by atoms with Crippen molar-refractivity contribution >= 4 is 21.8 Å². The van der Waals surface area contributed by atoms with Crippen molar-refractivity contribution in [2.24, 2.45) is 0 Å². The van der Waals surface area contributed by atoms with Gasteiger partial charge in [-0.2, -0.15) is 0 Å². The fraction of sp³-hybridized carbons (Fsp3) is 0.133. The first kappa shape index (κ1) is 13.7. The Bertz CT molecular complexity index is 583. The third-order valence-electron chi connectivity index (χ3n) is 2.80. The van der Waals surface area contributed by atoms with Crippen LogP contribution in [0.2, 0.25) is 0 Å². The van der Waals surface area contributed by atoms with E-state index in [4.69, 9.17) is 0 Å². The molecule has 0 saturated carbocycles. The van der Waals surface area contributed by atoms with Gasteiger partial charge in [0.15, 0.2) is 0 Å². The third kappa shape index (κ3) is 3.64. The molecule has 1 amide bonds. The Labute approximate surface area is 119 Å². The molecule has 0 fully saturated rings. The molecule has 2 nitrogen and oxygen atoms in total. The molecule has 2 rings (SSSR count). The van der Waals surface area contributed by atoms with Crippen molar-refractivity contribution in [1.82, 2.24) is 5.32 Å². The zero-order chi connectivity index (χ0) is 13.8. The molecule has 0 unspecified atom stereocenters. The summed E-state index contributed by atoms with van der Waals surface area (Å²) in [6.07, 6.45) is 0. The average Bonchev–Trinajstić information content (AvgIpc) is 2.39. The molecule has 0 aromatic heterocycles. The van der Waals surface area contributed by atoms with Crippen LogP contribution in [0.1, 0.15) is 28.9 Å². The molecule has 0 aliphatic rings. The van der Waals surface area contributed by atoms with Gasteiger partial charge in [0.25, 0.3) is 5.91 Å². The molecule has 2 aromatic rings. The van der Waals surface area contributed by atoms with Crippen LogP contribution in [0.25, 0.3) is 0 Å². The van der Waals surface area contributed by atoms with Crippen LogP contribution >= 0.6 is 15.9 Å². The quantitative estimate of drug-likeness (QED) is 0.906. The van der Waals surface area contributed by atoms with Gasteiger partial charge in [0.2, 0.25) is 0 Å². The van der Waals surface area contributed by atoms with Gasteiger partial charge >= 0.3 is 0 Å². The molecule has 0 bridgehead atoms. The number of hydrogen-bond acceptors (Lipinski definition) is 1. The maximum atomic E-state index is 12.8. The molecule has 1 atom stereocenters. The van der Waals surface area contributed by atoms with Gasteiger partial charge in [-0.3, -0.25) is 4.79 Å². The van der Waals surface area contributed by atoms with E-state index in [1.807, 2.05) is 19.1 Å². The molecular weight excluding hydrogens is 309 g/mol. The van der Waals surface area contributed by atoms with Crippen LogP contribution in [0.3, 0.4) is 0 Å². The lowest BCUT2D eigenvalue weighted by molar-refractivity contribution is 0.0940. The highest BCUT2D eigenvalue weighted by atomic mass is 79.9. The lowest BCUT2D eigenvalue weighted by atomic mass is 10.1. The minimum atomic E-state index is -0.283. The van der Waals surface area contributed by atoms with Crippen LogP contribution in [-0.4, -0.2) is 5.91 Å². The van der Waals surface area contributed by atoms with Gasteiger partial charge in [-0.05, 0) is 42.8 Å². The van der Waals surface area contributed by atoms with Crippen molar-refractivity contribution in [2.45, 2.75) is 13.0 Å². The Hall–Kier alpha value is -1.68. The van der Waals surface area contributed by atoms with Crippen LogP contribution < -0.4 is 5.32 Å². The van der Waals surface area contributed by atoms with E-state index in [9.17, 15) is 9.18 Å². The van der Waals surface area contributed by atoms with Gasteiger partial charge < -0.3 is 5.32 Å². The summed E-state index contributed by atoms with van der Waals surface area (Å²) in [6, 6.07) is 13.1. The maximum absolute atomic E-state index is 12.8. The number of halogens is 2. The second kappa shape index (κ2) is 5.97. The number of nitrogens with one attached hydrogen (secondary N) is 1. The average molecular weight is 322 g/mol. The molecule has 0 radical (unpaired) electrons. The van der Waals surface area contributed by atoms with E-state index in [1.165, 1.54) is 12.1 Å². The molecule has 0 saturated heterocycles. The number of hydrogen-bond donors (Lipinski definition) is 1. The van der Waals surface area contributed by atoms with E-state index in [-0.39, 0.29) is 17.8 Å². The van der Waals surface area contributed by atoms with E-state index in [0.717, 1.165) is 10.0 Å². The summed E-state index contributed by atoms with van der Waals surface area (Å²) in [5.74, 6) is -0.438. The lowest BCUT2D eigenvalue weighted by Crippen LogP contribution is -2.26. The Morgan fingerprint density at radius 2 is 1.89 bits per heavy atom. The predicted octanol–water partition coefficient (Wildman–Crippen LogP) is 4.08. The van der Waals surface area contributed by atoms with Crippen LogP contribution in [0.4, 0.5) is 4.39 Å². The van der Waals surface area contributed by atoms with Crippen molar-refractivity contribution in [2.75, 3.05) is 0 Å². The highest BCUT2D eigenvalue weighted by molar-refractivity contribution is 9.10. The third-order valence-corrected chi connectivity index (χ3v) is 3.30. The van der Waals surface area contributed by atoms with E-state index in [1.54, 1.807) is 24.3 Å². The van der Waals surface area contributed by atoms with Gasteiger partial charge in [-0.15, -0.1) is 0 Å². The largest absolute Gasteiger partial charge is 0.346 e. The van der Waals surface area contributed by atoms with Gasteiger partial charge in [0.1, 0.15) is 5.82 Å². The van der Waals surface area contributed by atoms with Gasteiger partial charge in [0, 0.05) is 10.0 Å². The number of rotatable bonds is 3. The van der Waals surface area contributed by atoms with Crippen LogP contribution in [-0.2, 0) is 0 Å². The molecule has 0 heterocycles. The molecule has 1 N–H and O–H groups in total. The summed E-state index contributed by atoms with van der Waals surface area (Å²) >= 11 is 3.33. The van der Waals surface area contributed by atoms with E-state index >= 15 is 0 Å². The molecule has 0 aliphatic heterocycles. The highest BCUT2D eigenvalue weighted by Gasteiger charge is 2.11. The SMILES string of the molecule is C[C@@H](NC(=O)c1cccc(Br)c1)c1ccc(F)cc1. The molecule has 19 heavy (non-hydrogen) atoms. The Morgan fingerprint density at radius 1 is 1.21 bits per heavy atom. The molecule has 98 valence electrons. The number of amides is 1. The Kier molecular flexibility index (Phi) is 4.32. The Morgan fingerprint density at radius 3 is 2.53 bits per heavy atom. The fourth-order valence-electron chi connectivity index (χ4n) is 1.74. The summed E-state index contributed by atoms with van der Waals surface area (Å²) in [5, 5.41) is 2.88. The summed E-state index contributed by atoms with van der Waals surface area (Å²) < 4.78 is 13.7. The van der Waals surface area contributed by atoms with E-state index < -0.39 is 0 Å². The van der Waals surface area contributed by atoms with Crippen LogP contribution in [0.5, 0.6) is 0 Å². The first-order valence-electron chi connectivity index (χ1n) is 5.88. The molecule has 4 heteroatoms. The maximum Gasteiger partial charge on any atom is 0.251 e. The number of carbonyl (C=O) groups excluding carboxylic acids is 1. The second-order valence-corrected chi connectivity index (χ2v) is 5.17. The summed E-state index contributed by atoms with van der Waals surface area (Å²) in [5.41, 5.74) is 1.45. The van der Waals surface area contributed by atoms with Crippen molar-refractivity contribution in [3.05, 3.63) is 69.9 Å². The second-order valence-electron chi connectivity index (χ2n) is 4.26. The predicted molar refractivity (Wildman–Crippen MR) is 76.4 cm³/mol. The highest BCUT2D eigenvalue weighted by Crippen LogP contribution is 2.15. The summed E-state index contributed by atoms with van der Waals surface area (Å²) in [6.45, 7) is 1.86. The first-order chi connectivity index (χ1) is 9.06. The Balaban J connectivity index is 2.08. The standard InChI is InChI=1S/C15H13BrFNO/c1-10(11-5-7-14(17)8-6-11)18-15(19)12-3-2-4-13(16)9-12/h2-10H,1H3,(H,18,19)/t10-/m1/s1. The minimum Gasteiger partial charge on any atom is -0.346 e. The summed E-state index contributed by atoms with van der Waals surface area (Å²) in [4.78, 5) is 12.0. The molecule has 2 aromatic carbocycles. The molecule has 0 spiro atoms. The van der Waals surface area contributed by atoms with Gasteiger partial charge in [-0.25, -0.2) is 4.39 Å². The van der Waals surface area contributed by atoms with Crippen molar-refractivity contribution in [3.8, 4) is 0 Å². The zero-order valence-corrected chi connectivity index (χ0v) is 11.9. The topological polar surface area (TPSA) is 29.1 Å². The summed E-state index contributed by atoms with van der Waals surface area (Å²) in [7, 11) is 0. The zero-order valence-electron chi connectivity index (χ0n) is 10.4. The first-order valence-corrected chi connectivity index (χ1v) is 6.67. The number of carbonyl (C=O) groups is 1.